The topological polar surface area (TPSA) is 46.2 Å². The summed E-state index contributed by atoms with van der Waals surface area (Å²) in [4.78, 5) is 0. The second-order valence-corrected chi connectivity index (χ2v) is 7.05. The zero-order chi connectivity index (χ0) is 10.6. The molecule has 1 heterocycles. The Balaban J connectivity index is 2.46. The summed E-state index contributed by atoms with van der Waals surface area (Å²) in [7, 11) is -0.796. The summed E-state index contributed by atoms with van der Waals surface area (Å²) in [6, 6.07) is 0.375. The summed E-state index contributed by atoms with van der Waals surface area (Å²) < 4.78 is 22.6. The minimum absolute atomic E-state index is 0.331. The summed E-state index contributed by atoms with van der Waals surface area (Å²) in [5.74, 6) is 2.20. The first-order chi connectivity index (χ1) is 6.59. The van der Waals surface area contributed by atoms with Crippen molar-refractivity contribution in [2.45, 2.75) is 18.9 Å². The molecule has 1 aliphatic heterocycles. The number of thioether (sulfide) groups is 1. The molecule has 84 valence electrons. The predicted molar refractivity (Wildman–Crippen MR) is 62.6 cm³/mol. The summed E-state index contributed by atoms with van der Waals surface area (Å²) >= 11 is 1.81. The molecular weight excluding hydrogens is 218 g/mol. The van der Waals surface area contributed by atoms with Gasteiger partial charge in [-0.05, 0) is 37.8 Å². The van der Waals surface area contributed by atoms with Crippen LogP contribution < -0.4 is 5.32 Å². The van der Waals surface area contributed by atoms with E-state index in [4.69, 9.17) is 0 Å². The molecule has 5 heteroatoms. The molecule has 2 unspecified atom stereocenters. The maximum atomic E-state index is 11.3. The Hall–Kier alpha value is 0.260. The van der Waals surface area contributed by atoms with Crippen LogP contribution in [-0.4, -0.2) is 45.0 Å². The van der Waals surface area contributed by atoms with Crippen LogP contribution in [0.5, 0.6) is 0 Å². The van der Waals surface area contributed by atoms with Gasteiger partial charge in [0, 0.05) is 6.04 Å². The van der Waals surface area contributed by atoms with Gasteiger partial charge in [-0.15, -0.1) is 0 Å². The maximum absolute atomic E-state index is 11.3. The molecule has 2 atom stereocenters. The first-order valence-corrected chi connectivity index (χ1v) is 8.17. The van der Waals surface area contributed by atoms with Gasteiger partial charge in [0.25, 0.3) is 0 Å². The fourth-order valence-electron chi connectivity index (χ4n) is 2.00. The average Bonchev–Trinajstić information content (AvgIpc) is 2.48. The second kappa shape index (κ2) is 5.37. The minimum atomic E-state index is -2.72. The van der Waals surface area contributed by atoms with Crippen LogP contribution in [0.2, 0.25) is 0 Å². The number of rotatable bonds is 5. The lowest BCUT2D eigenvalue weighted by atomic mass is 9.97. The van der Waals surface area contributed by atoms with Crippen molar-refractivity contribution in [1.29, 1.82) is 0 Å². The standard InChI is InChI=1S/C9H19NO2S2/c1-10-9(3-5-13-2)8-4-6-14(11,12)7-8/h8-10H,3-7H2,1-2H3. The number of sulfone groups is 1. The molecule has 0 amide bonds. The Labute approximate surface area is 91.0 Å². The lowest BCUT2D eigenvalue weighted by Crippen LogP contribution is -2.34. The van der Waals surface area contributed by atoms with E-state index in [2.05, 4.69) is 11.6 Å². The van der Waals surface area contributed by atoms with Gasteiger partial charge >= 0.3 is 0 Å². The molecule has 1 fully saturated rings. The van der Waals surface area contributed by atoms with Gasteiger partial charge in [0.05, 0.1) is 11.5 Å². The molecule has 0 aromatic rings. The maximum Gasteiger partial charge on any atom is 0.150 e. The van der Waals surface area contributed by atoms with Crippen LogP contribution in [0.15, 0.2) is 0 Å². The van der Waals surface area contributed by atoms with E-state index in [1.54, 1.807) is 0 Å². The summed E-state index contributed by atoms with van der Waals surface area (Å²) in [6.07, 6.45) is 3.98. The Bertz CT molecular complexity index is 264. The number of hydrogen-bond acceptors (Lipinski definition) is 4. The van der Waals surface area contributed by atoms with Crippen molar-refractivity contribution < 1.29 is 8.42 Å². The van der Waals surface area contributed by atoms with Gasteiger partial charge in [0.2, 0.25) is 0 Å². The van der Waals surface area contributed by atoms with Gasteiger partial charge < -0.3 is 5.32 Å². The van der Waals surface area contributed by atoms with Crippen LogP contribution in [-0.2, 0) is 9.84 Å². The molecule has 0 spiro atoms. The third kappa shape index (κ3) is 3.44. The fraction of sp³-hybridized carbons (Fsp3) is 1.00. The van der Waals surface area contributed by atoms with Crippen LogP contribution >= 0.6 is 11.8 Å². The third-order valence-corrected chi connectivity index (χ3v) is 5.28. The van der Waals surface area contributed by atoms with E-state index in [0.29, 0.717) is 23.5 Å². The molecule has 1 N–H and O–H groups in total. The van der Waals surface area contributed by atoms with Crippen molar-refractivity contribution in [2.24, 2.45) is 5.92 Å². The molecule has 1 saturated heterocycles. The second-order valence-electron chi connectivity index (χ2n) is 3.84. The van der Waals surface area contributed by atoms with Crippen molar-refractivity contribution in [3.05, 3.63) is 0 Å². The van der Waals surface area contributed by atoms with E-state index in [1.165, 1.54) is 0 Å². The van der Waals surface area contributed by atoms with E-state index in [9.17, 15) is 8.42 Å². The van der Waals surface area contributed by atoms with Gasteiger partial charge in [-0.1, -0.05) is 0 Å². The van der Waals surface area contributed by atoms with Gasteiger partial charge in [-0.2, -0.15) is 11.8 Å². The molecule has 1 aliphatic rings. The molecular formula is C9H19NO2S2. The van der Waals surface area contributed by atoms with E-state index >= 15 is 0 Å². The Kier molecular flexibility index (Phi) is 4.73. The van der Waals surface area contributed by atoms with E-state index in [0.717, 1.165) is 18.6 Å². The first-order valence-electron chi connectivity index (χ1n) is 4.95. The molecule has 0 aromatic heterocycles. The Morgan fingerprint density at radius 2 is 2.29 bits per heavy atom. The van der Waals surface area contributed by atoms with Crippen molar-refractivity contribution in [3.63, 3.8) is 0 Å². The molecule has 0 saturated carbocycles. The highest BCUT2D eigenvalue weighted by Crippen LogP contribution is 2.23. The SMILES string of the molecule is CNC(CCSC)C1CCS(=O)(=O)C1. The van der Waals surface area contributed by atoms with Crippen LogP contribution in [0.25, 0.3) is 0 Å². The van der Waals surface area contributed by atoms with Gasteiger partial charge in [0.1, 0.15) is 0 Å². The van der Waals surface area contributed by atoms with Gasteiger partial charge in [0.15, 0.2) is 9.84 Å². The largest absolute Gasteiger partial charge is 0.317 e. The van der Waals surface area contributed by atoms with E-state index in [1.807, 2.05) is 18.8 Å². The number of nitrogens with one attached hydrogen (secondary N) is 1. The van der Waals surface area contributed by atoms with Crippen molar-refractivity contribution in [3.8, 4) is 0 Å². The molecule has 0 aromatic carbocycles. The molecule has 3 nitrogen and oxygen atoms in total. The first kappa shape index (κ1) is 12.3. The third-order valence-electron chi connectivity index (χ3n) is 2.84. The zero-order valence-corrected chi connectivity index (χ0v) is 10.5. The van der Waals surface area contributed by atoms with Gasteiger partial charge in [-0.3, -0.25) is 0 Å². The van der Waals surface area contributed by atoms with Crippen molar-refractivity contribution >= 4 is 21.6 Å². The van der Waals surface area contributed by atoms with Crippen molar-refractivity contribution in [1.82, 2.24) is 5.32 Å². The summed E-state index contributed by atoms with van der Waals surface area (Å²) in [6.45, 7) is 0. The monoisotopic (exact) mass is 237 g/mol. The predicted octanol–water partition coefficient (Wildman–Crippen LogP) is 0.762. The number of hydrogen-bond donors (Lipinski definition) is 1. The molecule has 0 radical (unpaired) electrons. The smallest absolute Gasteiger partial charge is 0.150 e. The highest BCUT2D eigenvalue weighted by molar-refractivity contribution is 7.98. The lowest BCUT2D eigenvalue weighted by molar-refractivity contribution is 0.397. The van der Waals surface area contributed by atoms with E-state index < -0.39 is 9.84 Å². The summed E-state index contributed by atoms with van der Waals surface area (Å²) in [5, 5.41) is 3.24. The van der Waals surface area contributed by atoms with Crippen LogP contribution in [0.1, 0.15) is 12.8 Å². The van der Waals surface area contributed by atoms with Crippen LogP contribution in [0.4, 0.5) is 0 Å². The Morgan fingerprint density at radius 1 is 1.57 bits per heavy atom. The van der Waals surface area contributed by atoms with Crippen LogP contribution in [0, 0.1) is 5.92 Å². The zero-order valence-electron chi connectivity index (χ0n) is 8.82. The molecule has 14 heavy (non-hydrogen) atoms. The lowest BCUT2D eigenvalue weighted by Gasteiger charge is -2.21. The van der Waals surface area contributed by atoms with Crippen LogP contribution in [0.3, 0.4) is 0 Å². The normalized spacial score (nSPS) is 27.7. The fourth-order valence-corrected chi connectivity index (χ4v) is 4.37. The van der Waals surface area contributed by atoms with E-state index in [-0.39, 0.29) is 0 Å². The highest BCUT2D eigenvalue weighted by atomic mass is 32.2. The highest BCUT2D eigenvalue weighted by Gasteiger charge is 2.32. The summed E-state index contributed by atoms with van der Waals surface area (Å²) in [5.41, 5.74) is 0. The average molecular weight is 237 g/mol. The molecule has 1 rings (SSSR count). The molecule has 0 aliphatic carbocycles. The molecule has 0 bridgehead atoms. The minimum Gasteiger partial charge on any atom is -0.317 e. The van der Waals surface area contributed by atoms with Gasteiger partial charge in [-0.25, -0.2) is 8.42 Å². The Morgan fingerprint density at radius 3 is 2.71 bits per heavy atom. The quantitative estimate of drug-likeness (QED) is 0.767. The van der Waals surface area contributed by atoms with Crippen molar-refractivity contribution in [2.75, 3.05) is 30.6 Å².